The van der Waals surface area contributed by atoms with Crippen molar-refractivity contribution in [1.29, 1.82) is 5.26 Å². The monoisotopic (exact) mass is 351 g/mol. The predicted octanol–water partition coefficient (Wildman–Crippen LogP) is 2.81. The highest BCUT2D eigenvalue weighted by atomic mass is 16.4. The van der Waals surface area contributed by atoms with Crippen LogP contribution in [-0.4, -0.2) is 40.1 Å². The molecule has 0 radical (unpaired) electrons. The van der Waals surface area contributed by atoms with Crippen LogP contribution in [0.15, 0.2) is 28.7 Å². The van der Waals surface area contributed by atoms with Crippen LogP contribution in [0.2, 0.25) is 0 Å². The Labute approximate surface area is 152 Å². The second-order valence-electron chi connectivity index (χ2n) is 7.30. The van der Waals surface area contributed by atoms with Crippen molar-refractivity contribution in [3.05, 3.63) is 29.8 Å². The van der Waals surface area contributed by atoms with E-state index in [1.54, 1.807) is 24.3 Å². The van der Waals surface area contributed by atoms with E-state index in [1.807, 2.05) is 11.8 Å². The highest BCUT2D eigenvalue weighted by Gasteiger charge is 2.45. The van der Waals surface area contributed by atoms with Gasteiger partial charge in [0, 0.05) is 18.7 Å². The van der Waals surface area contributed by atoms with Crippen LogP contribution in [0.3, 0.4) is 0 Å². The summed E-state index contributed by atoms with van der Waals surface area (Å²) >= 11 is 0. The van der Waals surface area contributed by atoms with Gasteiger partial charge >= 0.3 is 6.01 Å². The molecule has 1 saturated carbocycles. The smallest absolute Gasteiger partial charge is 0.316 e. The lowest BCUT2D eigenvalue weighted by molar-refractivity contribution is -0.133. The lowest BCUT2D eigenvalue weighted by atomic mass is 9.93. The quantitative estimate of drug-likeness (QED) is 0.910. The van der Waals surface area contributed by atoms with Gasteiger partial charge in [-0.1, -0.05) is 11.2 Å². The summed E-state index contributed by atoms with van der Waals surface area (Å²) in [7, 11) is 0. The van der Waals surface area contributed by atoms with Gasteiger partial charge in [-0.25, -0.2) is 0 Å². The van der Waals surface area contributed by atoms with E-state index in [0.29, 0.717) is 22.4 Å². The SMILES string of the molecule is C[C@H](Nc1nnc(-c2cccc(C#N)c2)o1)C(=O)N1CCC2(CC1)CC2. The summed E-state index contributed by atoms with van der Waals surface area (Å²) < 4.78 is 5.61. The molecule has 7 nitrogen and oxygen atoms in total. The molecular weight excluding hydrogens is 330 g/mol. The van der Waals surface area contributed by atoms with Crippen LogP contribution in [0, 0.1) is 16.7 Å². The van der Waals surface area contributed by atoms with E-state index in [4.69, 9.17) is 9.68 Å². The van der Waals surface area contributed by atoms with Gasteiger partial charge in [0.1, 0.15) is 6.04 Å². The van der Waals surface area contributed by atoms with E-state index < -0.39 is 6.04 Å². The van der Waals surface area contributed by atoms with Crippen molar-refractivity contribution in [1.82, 2.24) is 15.1 Å². The average molecular weight is 351 g/mol. The number of piperidine rings is 1. The highest BCUT2D eigenvalue weighted by Crippen LogP contribution is 2.53. The molecular formula is C19H21N5O2. The van der Waals surface area contributed by atoms with Gasteiger partial charge in [0.05, 0.1) is 11.6 Å². The summed E-state index contributed by atoms with van der Waals surface area (Å²) in [5.74, 6) is 0.379. The zero-order valence-corrected chi connectivity index (χ0v) is 14.7. The Morgan fingerprint density at radius 2 is 2.08 bits per heavy atom. The number of amides is 1. The number of anilines is 1. The minimum Gasteiger partial charge on any atom is -0.403 e. The molecule has 1 aromatic heterocycles. The molecule has 1 spiro atoms. The third-order valence-electron chi connectivity index (χ3n) is 5.47. The zero-order chi connectivity index (χ0) is 18.1. The van der Waals surface area contributed by atoms with E-state index in [1.165, 1.54) is 12.8 Å². The molecule has 2 aliphatic rings. The summed E-state index contributed by atoms with van der Waals surface area (Å²) in [5.41, 5.74) is 1.75. The van der Waals surface area contributed by atoms with Crippen LogP contribution < -0.4 is 5.32 Å². The molecule has 2 heterocycles. The number of nitriles is 1. The van der Waals surface area contributed by atoms with Crippen LogP contribution in [0.5, 0.6) is 0 Å². The van der Waals surface area contributed by atoms with E-state index >= 15 is 0 Å². The van der Waals surface area contributed by atoms with Crippen LogP contribution in [0.25, 0.3) is 11.5 Å². The molecule has 1 N–H and O–H groups in total. The van der Waals surface area contributed by atoms with Gasteiger partial charge in [0.25, 0.3) is 0 Å². The highest BCUT2D eigenvalue weighted by molar-refractivity contribution is 5.83. The van der Waals surface area contributed by atoms with Crippen LogP contribution >= 0.6 is 0 Å². The molecule has 1 aromatic carbocycles. The molecule has 0 unspecified atom stereocenters. The number of carbonyl (C=O) groups is 1. The number of nitrogens with one attached hydrogen (secondary N) is 1. The van der Waals surface area contributed by atoms with Gasteiger partial charge in [-0.05, 0) is 56.2 Å². The lowest BCUT2D eigenvalue weighted by Gasteiger charge is -2.33. The number of hydrogen-bond acceptors (Lipinski definition) is 6. The van der Waals surface area contributed by atoms with E-state index in [0.717, 1.165) is 25.9 Å². The van der Waals surface area contributed by atoms with Gasteiger partial charge in [0.15, 0.2) is 0 Å². The minimum absolute atomic E-state index is 0.0618. The Kier molecular flexibility index (Phi) is 4.11. The topological polar surface area (TPSA) is 95.0 Å². The standard InChI is InChI=1S/C19H21N5O2/c1-13(17(25)24-9-7-19(5-6-19)8-10-24)21-18-23-22-16(26-18)15-4-2-3-14(11-15)12-20/h2-4,11,13H,5-10H2,1H3,(H,21,23)/t13-/m0/s1. The average Bonchev–Trinajstić information content (AvgIpc) is 3.26. The molecule has 1 aliphatic heterocycles. The molecule has 4 rings (SSSR count). The Hall–Kier alpha value is -2.88. The second kappa shape index (κ2) is 6.45. The number of carbonyl (C=O) groups excluding carboxylic acids is 1. The predicted molar refractivity (Wildman–Crippen MR) is 95.0 cm³/mol. The van der Waals surface area contributed by atoms with Crippen molar-refractivity contribution in [2.45, 2.75) is 38.6 Å². The first kappa shape index (κ1) is 16.6. The summed E-state index contributed by atoms with van der Waals surface area (Å²) in [6.45, 7) is 3.48. The molecule has 2 fully saturated rings. The van der Waals surface area contributed by atoms with Gasteiger partial charge in [0.2, 0.25) is 11.8 Å². The molecule has 134 valence electrons. The fourth-order valence-corrected chi connectivity index (χ4v) is 3.52. The zero-order valence-electron chi connectivity index (χ0n) is 14.7. The first-order valence-corrected chi connectivity index (χ1v) is 8.98. The molecule has 0 bridgehead atoms. The summed E-state index contributed by atoms with van der Waals surface area (Å²) in [6.07, 6.45) is 4.87. The third-order valence-corrected chi connectivity index (χ3v) is 5.47. The maximum atomic E-state index is 12.6. The van der Waals surface area contributed by atoms with E-state index in [2.05, 4.69) is 21.6 Å². The molecule has 1 saturated heterocycles. The third kappa shape index (κ3) is 3.27. The first-order valence-electron chi connectivity index (χ1n) is 8.98. The van der Waals surface area contributed by atoms with Gasteiger partial charge in [-0.2, -0.15) is 5.26 Å². The largest absolute Gasteiger partial charge is 0.403 e. The summed E-state index contributed by atoms with van der Waals surface area (Å²) in [4.78, 5) is 14.6. The number of hydrogen-bond donors (Lipinski definition) is 1. The number of benzene rings is 1. The lowest BCUT2D eigenvalue weighted by Crippen LogP contribution is -2.45. The van der Waals surface area contributed by atoms with Crippen molar-refractivity contribution in [3.8, 4) is 17.5 Å². The van der Waals surface area contributed by atoms with Crippen LogP contribution in [0.4, 0.5) is 6.01 Å². The second-order valence-corrected chi connectivity index (χ2v) is 7.30. The van der Waals surface area contributed by atoms with Crippen molar-refractivity contribution in [3.63, 3.8) is 0 Å². The maximum Gasteiger partial charge on any atom is 0.316 e. The van der Waals surface area contributed by atoms with Crippen molar-refractivity contribution >= 4 is 11.9 Å². The normalized spacial score (nSPS) is 19.0. The first-order chi connectivity index (χ1) is 12.6. The Balaban J connectivity index is 1.38. The molecule has 1 atom stereocenters. The van der Waals surface area contributed by atoms with Crippen LogP contribution in [0.1, 0.15) is 38.2 Å². The fourth-order valence-electron chi connectivity index (χ4n) is 3.52. The van der Waals surface area contributed by atoms with Crippen molar-refractivity contribution in [2.24, 2.45) is 5.41 Å². The fraction of sp³-hybridized carbons (Fsp3) is 0.474. The Morgan fingerprint density at radius 1 is 1.31 bits per heavy atom. The van der Waals surface area contributed by atoms with Crippen molar-refractivity contribution < 1.29 is 9.21 Å². The molecule has 2 aromatic rings. The number of aromatic nitrogens is 2. The minimum atomic E-state index is -0.429. The number of nitrogens with zero attached hydrogens (tertiary/aromatic N) is 4. The molecule has 1 aliphatic carbocycles. The molecule has 26 heavy (non-hydrogen) atoms. The number of likely N-dealkylation sites (tertiary alicyclic amines) is 1. The van der Waals surface area contributed by atoms with Crippen molar-refractivity contribution in [2.75, 3.05) is 18.4 Å². The molecule has 7 heteroatoms. The Morgan fingerprint density at radius 3 is 2.77 bits per heavy atom. The van der Waals surface area contributed by atoms with Gasteiger partial charge in [-0.3, -0.25) is 4.79 Å². The Bertz CT molecular complexity index is 855. The molecule has 1 amide bonds. The summed E-state index contributed by atoms with van der Waals surface area (Å²) in [5, 5.41) is 19.9. The van der Waals surface area contributed by atoms with E-state index in [9.17, 15) is 4.79 Å². The van der Waals surface area contributed by atoms with Gasteiger partial charge < -0.3 is 14.6 Å². The van der Waals surface area contributed by atoms with E-state index in [-0.39, 0.29) is 11.9 Å². The van der Waals surface area contributed by atoms with Gasteiger partial charge in [-0.15, -0.1) is 5.10 Å². The maximum absolute atomic E-state index is 12.6. The number of rotatable bonds is 4. The summed E-state index contributed by atoms with van der Waals surface area (Å²) in [6, 6.07) is 8.82. The van der Waals surface area contributed by atoms with Crippen LogP contribution in [-0.2, 0) is 4.79 Å².